The number of hydrogen-bond acceptors (Lipinski definition) is 1. The van der Waals surface area contributed by atoms with Crippen LogP contribution in [0.25, 0.3) is 0 Å². The Morgan fingerprint density at radius 1 is 1.12 bits per heavy atom. The monoisotopic (exact) mass is 233 g/mol. The molecule has 1 aromatic rings. The third kappa shape index (κ3) is 4.80. The van der Waals surface area contributed by atoms with E-state index in [2.05, 4.69) is 26.0 Å². The van der Waals surface area contributed by atoms with E-state index in [1.54, 1.807) is 7.11 Å². The quantitative estimate of drug-likeness (QED) is 0.576. The fourth-order valence-electron chi connectivity index (χ4n) is 2.17. The molecule has 17 heavy (non-hydrogen) atoms. The summed E-state index contributed by atoms with van der Waals surface area (Å²) in [7, 11) is 1.71. The van der Waals surface area contributed by atoms with Crippen molar-refractivity contribution in [3.8, 4) is 5.75 Å². The van der Waals surface area contributed by atoms with Gasteiger partial charge in [0.1, 0.15) is 5.75 Å². The molecule has 0 aliphatic rings. The van der Waals surface area contributed by atoms with Gasteiger partial charge in [0.05, 0.1) is 7.11 Å². The summed E-state index contributed by atoms with van der Waals surface area (Å²) in [6.07, 6.45) is 7.57. The summed E-state index contributed by atoms with van der Waals surface area (Å²) in [5.74, 6) is 1.54. The first-order chi connectivity index (χ1) is 8.31. The minimum absolute atomic E-state index is 0.609. The Hall–Kier alpha value is -0.980. The molecule has 0 saturated heterocycles. The van der Waals surface area contributed by atoms with Crippen LogP contribution in [-0.2, 0) is 0 Å². The Morgan fingerprint density at radius 2 is 1.82 bits per heavy atom. The SMILES string of the molecule is [CH2]CC(CCCCCC)c1ccc(OC)cc1. The van der Waals surface area contributed by atoms with Crippen molar-refractivity contribution in [2.45, 2.75) is 51.4 Å². The smallest absolute Gasteiger partial charge is 0.118 e. The standard InChI is InChI=1S/C16H25O/c1-4-6-7-8-9-14(5-2)15-10-12-16(17-3)13-11-15/h10-14H,2,4-9H2,1,3H3. The average molecular weight is 233 g/mol. The average Bonchev–Trinajstić information content (AvgIpc) is 2.39. The van der Waals surface area contributed by atoms with Gasteiger partial charge in [0.2, 0.25) is 0 Å². The third-order valence-electron chi connectivity index (χ3n) is 3.34. The Bertz CT molecular complexity index is 289. The molecule has 0 spiro atoms. The molecule has 0 aliphatic heterocycles. The number of hydrogen-bond donors (Lipinski definition) is 0. The van der Waals surface area contributed by atoms with E-state index in [0.717, 1.165) is 12.2 Å². The van der Waals surface area contributed by atoms with Crippen LogP contribution < -0.4 is 4.74 Å². The zero-order chi connectivity index (χ0) is 12.5. The highest BCUT2D eigenvalue weighted by Gasteiger charge is 2.08. The van der Waals surface area contributed by atoms with Crippen LogP contribution in [0.4, 0.5) is 0 Å². The van der Waals surface area contributed by atoms with Gasteiger partial charge in [-0.1, -0.05) is 51.7 Å². The molecule has 0 N–H and O–H groups in total. The van der Waals surface area contributed by atoms with Crippen molar-refractivity contribution in [3.63, 3.8) is 0 Å². The van der Waals surface area contributed by atoms with Crippen molar-refractivity contribution >= 4 is 0 Å². The molecule has 95 valence electrons. The maximum absolute atomic E-state index is 5.18. The van der Waals surface area contributed by atoms with Crippen molar-refractivity contribution in [1.29, 1.82) is 0 Å². The van der Waals surface area contributed by atoms with Crippen LogP contribution in [0, 0.1) is 6.92 Å². The molecule has 1 radical (unpaired) electrons. The Kier molecular flexibility index (Phi) is 6.76. The van der Waals surface area contributed by atoms with Crippen LogP contribution in [0.2, 0.25) is 0 Å². The molecule has 1 unspecified atom stereocenters. The first-order valence-corrected chi connectivity index (χ1v) is 6.75. The van der Waals surface area contributed by atoms with E-state index >= 15 is 0 Å². The van der Waals surface area contributed by atoms with Crippen molar-refractivity contribution in [2.24, 2.45) is 0 Å². The minimum atomic E-state index is 0.609. The van der Waals surface area contributed by atoms with Crippen molar-refractivity contribution in [2.75, 3.05) is 7.11 Å². The highest BCUT2D eigenvalue weighted by atomic mass is 16.5. The second-order valence-corrected chi connectivity index (χ2v) is 4.61. The predicted octanol–water partition coefficient (Wildman–Crippen LogP) is 4.97. The molecule has 0 aliphatic carbocycles. The topological polar surface area (TPSA) is 9.23 Å². The summed E-state index contributed by atoms with van der Waals surface area (Å²) >= 11 is 0. The summed E-state index contributed by atoms with van der Waals surface area (Å²) < 4.78 is 5.18. The molecular weight excluding hydrogens is 208 g/mol. The van der Waals surface area contributed by atoms with Gasteiger partial charge >= 0.3 is 0 Å². The molecule has 0 amide bonds. The van der Waals surface area contributed by atoms with Gasteiger partial charge in [-0.2, -0.15) is 0 Å². The maximum Gasteiger partial charge on any atom is 0.118 e. The molecule has 0 saturated carbocycles. The summed E-state index contributed by atoms with van der Waals surface area (Å²) in [6.45, 7) is 6.32. The Labute approximate surface area is 106 Å². The Balaban J connectivity index is 2.47. The lowest BCUT2D eigenvalue weighted by Crippen LogP contribution is -1.98. The molecule has 1 atom stereocenters. The number of rotatable bonds is 8. The van der Waals surface area contributed by atoms with Crippen LogP contribution in [-0.4, -0.2) is 7.11 Å². The van der Waals surface area contributed by atoms with Crippen LogP contribution in [0.1, 0.15) is 56.9 Å². The van der Waals surface area contributed by atoms with Gasteiger partial charge < -0.3 is 4.74 Å². The van der Waals surface area contributed by atoms with Gasteiger partial charge in [0, 0.05) is 0 Å². The second-order valence-electron chi connectivity index (χ2n) is 4.61. The van der Waals surface area contributed by atoms with Crippen molar-refractivity contribution in [3.05, 3.63) is 36.8 Å². The number of methoxy groups -OCH3 is 1. The molecule has 0 bridgehead atoms. The molecule has 1 heteroatoms. The molecule has 1 rings (SSSR count). The van der Waals surface area contributed by atoms with Gasteiger partial charge in [-0.05, 0) is 36.5 Å². The number of unbranched alkanes of at least 4 members (excludes halogenated alkanes) is 3. The molecule has 0 heterocycles. The van der Waals surface area contributed by atoms with Gasteiger partial charge in [-0.3, -0.25) is 0 Å². The maximum atomic E-state index is 5.18. The molecule has 1 aromatic carbocycles. The summed E-state index contributed by atoms with van der Waals surface area (Å²) in [4.78, 5) is 0. The summed E-state index contributed by atoms with van der Waals surface area (Å²) in [5, 5.41) is 0. The van der Waals surface area contributed by atoms with E-state index in [-0.39, 0.29) is 0 Å². The van der Waals surface area contributed by atoms with E-state index in [1.165, 1.54) is 37.7 Å². The van der Waals surface area contributed by atoms with Crippen LogP contribution >= 0.6 is 0 Å². The molecule has 1 nitrogen and oxygen atoms in total. The molecule has 0 fully saturated rings. The van der Waals surface area contributed by atoms with Gasteiger partial charge in [-0.15, -0.1) is 0 Å². The van der Waals surface area contributed by atoms with Crippen molar-refractivity contribution in [1.82, 2.24) is 0 Å². The van der Waals surface area contributed by atoms with Crippen LogP contribution in [0.3, 0.4) is 0 Å². The van der Waals surface area contributed by atoms with E-state index in [1.807, 2.05) is 12.1 Å². The lowest BCUT2D eigenvalue weighted by Gasteiger charge is -2.15. The van der Waals surface area contributed by atoms with Crippen LogP contribution in [0.5, 0.6) is 5.75 Å². The zero-order valence-electron chi connectivity index (χ0n) is 11.2. The first-order valence-electron chi connectivity index (χ1n) is 6.75. The summed E-state index contributed by atoms with van der Waals surface area (Å²) in [6, 6.07) is 8.44. The lowest BCUT2D eigenvalue weighted by atomic mass is 9.91. The van der Waals surface area contributed by atoms with E-state index in [4.69, 9.17) is 4.74 Å². The van der Waals surface area contributed by atoms with Gasteiger partial charge in [0.25, 0.3) is 0 Å². The third-order valence-corrected chi connectivity index (χ3v) is 3.34. The fourth-order valence-corrected chi connectivity index (χ4v) is 2.17. The van der Waals surface area contributed by atoms with Gasteiger partial charge in [0.15, 0.2) is 0 Å². The van der Waals surface area contributed by atoms with E-state index in [0.29, 0.717) is 5.92 Å². The van der Waals surface area contributed by atoms with E-state index < -0.39 is 0 Å². The first kappa shape index (κ1) is 14.1. The zero-order valence-corrected chi connectivity index (χ0v) is 11.2. The highest BCUT2D eigenvalue weighted by molar-refractivity contribution is 5.29. The van der Waals surface area contributed by atoms with Crippen molar-refractivity contribution < 1.29 is 4.74 Å². The highest BCUT2D eigenvalue weighted by Crippen LogP contribution is 2.27. The van der Waals surface area contributed by atoms with Gasteiger partial charge in [-0.25, -0.2) is 0 Å². The number of benzene rings is 1. The molecular formula is C16H25O. The Morgan fingerprint density at radius 3 is 2.35 bits per heavy atom. The molecule has 0 aromatic heterocycles. The second kappa shape index (κ2) is 8.16. The predicted molar refractivity (Wildman–Crippen MR) is 74.5 cm³/mol. The minimum Gasteiger partial charge on any atom is -0.497 e. The fraction of sp³-hybridized carbons (Fsp3) is 0.562. The van der Waals surface area contributed by atoms with E-state index in [9.17, 15) is 0 Å². The van der Waals surface area contributed by atoms with Crippen LogP contribution in [0.15, 0.2) is 24.3 Å². The largest absolute Gasteiger partial charge is 0.497 e. The number of ether oxygens (including phenoxy) is 1. The summed E-state index contributed by atoms with van der Waals surface area (Å²) in [5.41, 5.74) is 1.40. The lowest BCUT2D eigenvalue weighted by molar-refractivity contribution is 0.414. The normalized spacial score (nSPS) is 12.4.